The summed E-state index contributed by atoms with van der Waals surface area (Å²) >= 11 is 0. The summed E-state index contributed by atoms with van der Waals surface area (Å²) in [4.78, 5) is 29.7. The maximum absolute atomic E-state index is 13.3. The fraction of sp³-hybridized carbons (Fsp3) is 0.348. The molecule has 1 aliphatic heterocycles. The number of carboxylic acid groups (broad SMARTS) is 1. The summed E-state index contributed by atoms with van der Waals surface area (Å²) in [5.41, 5.74) is 1.18. The van der Waals surface area contributed by atoms with Crippen molar-refractivity contribution in [1.29, 1.82) is 0 Å². The van der Waals surface area contributed by atoms with Gasteiger partial charge >= 0.3 is 5.97 Å². The highest BCUT2D eigenvalue weighted by Crippen LogP contribution is 2.59. The summed E-state index contributed by atoms with van der Waals surface area (Å²) in [6.45, 7) is 2.08. The first kappa shape index (κ1) is 19.2. The molecule has 0 bridgehead atoms. The van der Waals surface area contributed by atoms with E-state index in [0.29, 0.717) is 29.9 Å². The standard InChI is InChI=1S/C23H24N2O4/c1-3-4-8-17-18(10-9-15-6-5-7-16(13-15)29-2)24-20-11-12-23(22(27)28)14-19(23)25(20)21(17)26/h5-7,9-13,19H,3-4,8,14H2,1-2H3,(H,27,28)/b10-9+. The van der Waals surface area contributed by atoms with E-state index in [4.69, 9.17) is 9.72 Å². The number of benzene rings is 1. The number of nitrogens with zero attached hydrogens (tertiary/aromatic N) is 2. The molecule has 0 amide bonds. The van der Waals surface area contributed by atoms with Gasteiger partial charge in [-0.2, -0.15) is 0 Å². The minimum absolute atomic E-state index is 0.119. The van der Waals surface area contributed by atoms with Crippen LogP contribution in [0.4, 0.5) is 0 Å². The van der Waals surface area contributed by atoms with E-state index in [2.05, 4.69) is 6.92 Å². The van der Waals surface area contributed by atoms with Crippen molar-refractivity contribution < 1.29 is 14.6 Å². The number of carboxylic acids is 1. The smallest absolute Gasteiger partial charge is 0.315 e. The number of ether oxygens (including phenoxy) is 1. The lowest BCUT2D eigenvalue weighted by Gasteiger charge is -2.19. The van der Waals surface area contributed by atoms with Gasteiger partial charge in [0.25, 0.3) is 5.56 Å². The lowest BCUT2D eigenvalue weighted by molar-refractivity contribution is -0.141. The van der Waals surface area contributed by atoms with Crippen LogP contribution in [0.15, 0.2) is 35.1 Å². The lowest BCUT2D eigenvalue weighted by Crippen LogP contribution is -2.32. The summed E-state index contributed by atoms with van der Waals surface area (Å²) in [5.74, 6) is 0.409. The maximum Gasteiger partial charge on any atom is 0.315 e. The topological polar surface area (TPSA) is 81.4 Å². The normalized spacial score (nSPS) is 21.7. The van der Waals surface area contributed by atoms with Crippen molar-refractivity contribution in [2.24, 2.45) is 5.41 Å². The Kier molecular flexibility index (Phi) is 4.86. The van der Waals surface area contributed by atoms with E-state index in [1.807, 2.05) is 36.4 Å². The number of hydrogen-bond donors (Lipinski definition) is 1. The molecule has 2 aromatic rings. The van der Waals surface area contributed by atoms with Crippen LogP contribution in [0.2, 0.25) is 0 Å². The van der Waals surface area contributed by atoms with Gasteiger partial charge in [-0.25, -0.2) is 4.98 Å². The highest BCUT2D eigenvalue weighted by molar-refractivity contribution is 5.84. The molecule has 1 aliphatic carbocycles. The van der Waals surface area contributed by atoms with Crippen LogP contribution in [0.5, 0.6) is 5.75 Å². The molecule has 6 heteroatoms. The van der Waals surface area contributed by atoms with Gasteiger partial charge in [-0.3, -0.25) is 14.2 Å². The molecule has 0 saturated heterocycles. The molecule has 150 valence electrons. The van der Waals surface area contributed by atoms with Gasteiger partial charge in [-0.1, -0.05) is 37.6 Å². The fourth-order valence-electron chi connectivity index (χ4n) is 3.96. The van der Waals surface area contributed by atoms with Crippen LogP contribution < -0.4 is 10.3 Å². The molecular weight excluding hydrogens is 368 g/mol. The van der Waals surface area contributed by atoms with Crippen molar-refractivity contribution in [1.82, 2.24) is 9.55 Å². The number of carbonyl (C=O) groups is 1. The summed E-state index contributed by atoms with van der Waals surface area (Å²) in [5, 5.41) is 9.57. The van der Waals surface area contributed by atoms with E-state index >= 15 is 0 Å². The molecule has 4 rings (SSSR count). The molecule has 29 heavy (non-hydrogen) atoms. The SMILES string of the molecule is CCCCc1c(/C=C/c2cccc(OC)c2)nc2n(c1=O)C1CC1(C(=O)O)C=C2. The Morgan fingerprint density at radius 3 is 2.97 bits per heavy atom. The van der Waals surface area contributed by atoms with Crippen LogP contribution in [-0.2, 0) is 11.2 Å². The Morgan fingerprint density at radius 1 is 1.41 bits per heavy atom. The fourth-order valence-corrected chi connectivity index (χ4v) is 3.96. The Bertz CT molecular complexity index is 1080. The number of hydrogen-bond acceptors (Lipinski definition) is 4. The van der Waals surface area contributed by atoms with Gasteiger partial charge in [-0.05, 0) is 49.1 Å². The molecular formula is C23H24N2O4. The molecule has 1 aromatic heterocycles. The second-order valence-corrected chi connectivity index (χ2v) is 7.62. The molecule has 1 saturated carbocycles. The number of methoxy groups -OCH3 is 1. The minimum Gasteiger partial charge on any atom is -0.497 e. The maximum atomic E-state index is 13.3. The zero-order chi connectivity index (χ0) is 20.6. The van der Waals surface area contributed by atoms with E-state index in [1.54, 1.807) is 23.8 Å². The largest absolute Gasteiger partial charge is 0.497 e. The molecule has 1 N–H and O–H groups in total. The van der Waals surface area contributed by atoms with Crippen molar-refractivity contribution in [2.75, 3.05) is 7.11 Å². The first-order valence-electron chi connectivity index (χ1n) is 9.90. The molecule has 2 unspecified atom stereocenters. The van der Waals surface area contributed by atoms with Gasteiger partial charge in [-0.15, -0.1) is 0 Å². The van der Waals surface area contributed by atoms with E-state index in [9.17, 15) is 14.7 Å². The third-order valence-electron chi connectivity index (χ3n) is 5.78. The molecule has 6 nitrogen and oxygen atoms in total. The van der Waals surface area contributed by atoms with Crippen molar-refractivity contribution in [2.45, 2.75) is 38.6 Å². The molecule has 2 atom stereocenters. The van der Waals surface area contributed by atoms with E-state index in [-0.39, 0.29) is 11.6 Å². The number of unbranched alkanes of at least 4 members (excludes halogenated alkanes) is 1. The molecule has 2 heterocycles. The van der Waals surface area contributed by atoms with Crippen LogP contribution in [0.1, 0.15) is 54.9 Å². The van der Waals surface area contributed by atoms with Crippen molar-refractivity contribution in [3.05, 3.63) is 63.3 Å². The van der Waals surface area contributed by atoms with Gasteiger partial charge < -0.3 is 9.84 Å². The number of rotatable bonds is 7. The quantitative estimate of drug-likeness (QED) is 0.775. The van der Waals surface area contributed by atoms with Gasteiger partial charge in [0.05, 0.1) is 18.8 Å². The third-order valence-corrected chi connectivity index (χ3v) is 5.78. The highest BCUT2D eigenvalue weighted by Gasteiger charge is 2.62. The summed E-state index contributed by atoms with van der Waals surface area (Å²) in [7, 11) is 1.62. The Balaban J connectivity index is 1.77. The molecule has 0 spiro atoms. The van der Waals surface area contributed by atoms with Crippen molar-refractivity contribution in [3.63, 3.8) is 0 Å². The van der Waals surface area contributed by atoms with Gasteiger partial charge in [0.15, 0.2) is 0 Å². The van der Waals surface area contributed by atoms with Gasteiger partial charge in [0.2, 0.25) is 0 Å². The monoisotopic (exact) mass is 392 g/mol. The number of aromatic nitrogens is 2. The first-order valence-corrected chi connectivity index (χ1v) is 9.90. The number of fused-ring (bicyclic) bond motifs is 3. The van der Waals surface area contributed by atoms with Gasteiger partial charge in [0, 0.05) is 5.56 Å². The lowest BCUT2D eigenvalue weighted by atomic mass is 10.0. The van der Waals surface area contributed by atoms with Crippen molar-refractivity contribution >= 4 is 24.2 Å². The average Bonchev–Trinajstić information content (AvgIpc) is 3.48. The van der Waals surface area contributed by atoms with Gasteiger partial charge in [0.1, 0.15) is 17.0 Å². The average molecular weight is 392 g/mol. The predicted octanol–water partition coefficient (Wildman–Crippen LogP) is 3.81. The predicted molar refractivity (Wildman–Crippen MR) is 112 cm³/mol. The molecule has 2 aliphatic rings. The minimum atomic E-state index is -0.946. The molecule has 1 aromatic carbocycles. The zero-order valence-electron chi connectivity index (χ0n) is 16.6. The summed E-state index contributed by atoms with van der Waals surface area (Å²) < 4.78 is 6.85. The number of aliphatic carboxylic acids is 1. The Labute approximate surface area is 169 Å². The molecule has 1 fully saturated rings. The second-order valence-electron chi connectivity index (χ2n) is 7.62. The van der Waals surface area contributed by atoms with Crippen LogP contribution in [0, 0.1) is 5.41 Å². The molecule has 0 radical (unpaired) electrons. The summed E-state index contributed by atoms with van der Waals surface area (Å²) in [6, 6.07) is 7.33. The third kappa shape index (κ3) is 3.28. The zero-order valence-corrected chi connectivity index (χ0v) is 16.6. The second kappa shape index (κ2) is 7.35. The van der Waals surface area contributed by atoms with Crippen LogP contribution in [0.25, 0.3) is 18.2 Å². The Morgan fingerprint density at radius 2 is 2.24 bits per heavy atom. The van der Waals surface area contributed by atoms with E-state index in [0.717, 1.165) is 24.2 Å². The summed E-state index contributed by atoms with van der Waals surface area (Å²) in [6.07, 6.45) is 10.0. The first-order chi connectivity index (χ1) is 14.0. The highest BCUT2D eigenvalue weighted by atomic mass is 16.5. The van der Waals surface area contributed by atoms with Crippen LogP contribution in [0.3, 0.4) is 0 Å². The van der Waals surface area contributed by atoms with E-state index < -0.39 is 11.4 Å². The Hall–Kier alpha value is -3.15. The van der Waals surface area contributed by atoms with Crippen LogP contribution in [-0.4, -0.2) is 27.7 Å². The van der Waals surface area contributed by atoms with E-state index in [1.165, 1.54) is 0 Å². The van der Waals surface area contributed by atoms with Crippen molar-refractivity contribution in [3.8, 4) is 5.75 Å². The van der Waals surface area contributed by atoms with Crippen LogP contribution >= 0.6 is 0 Å².